The van der Waals surface area contributed by atoms with Crippen molar-refractivity contribution >= 4 is 5.82 Å². The molecule has 0 saturated heterocycles. The van der Waals surface area contributed by atoms with Gasteiger partial charge < -0.3 is 9.26 Å². The van der Waals surface area contributed by atoms with Gasteiger partial charge in [-0.3, -0.25) is 0 Å². The predicted molar refractivity (Wildman–Crippen MR) is 47.2 cm³/mol. The average Bonchev–Trinajstić information content (AvgIpc) is 2.72. The van der Waals surface area contributed by atoms with Gasteiger partial charge in [0.05, 0.1) is 13.3 Å². The molecule has 2 aromatic rings. The standard InChI is InChI=1S/C9H7N3O/c1-10-9-6-7(12(2)11-9)8-4-3-5-13-8/h3-6H,2H3. The van der Waals surface area contributed by atoms with Gasteiger partial charge in [0.1, 0.15) is 5.69 Å². The molecule has 0 amide bonds. The molecule has 0 saturated carbocycles. The third kappa shape index (κ3) is 1.20. The van der Waals surface area contributed by atoms with Crippen LogP contribution < -0.4 is 0 Å². The maximum Gasteiger partial charge on any atom is 0.296 e. The highest BCUT2D eigenvalue weighted by atomic mass is 16.3. The van der Waals surface area contributed by atoms with Gasteiger partial charge in [-0.25, -0.2) is 0 Å². The first-order valence-electron chi connectivity index (χ1n) is 3.76. The minimum atomic E-state index is 0.383. The van der Waals surface area contributed by atoms with Crippen LogP contribution >= 0.6 is 0 Å². The van der Waals surface area contributed by atoms with E-state index in [9.17, 15) is 0 Å². The molecule has 0 bridgehead atoms. The van der Waals surface area contributed by atoms with E-state index in [1.54, 1.807) is 30.1 Å². The van der Waals surface area contributed by atoms with Crippen LogP contribution in [0.25, 0.3) is 16.3 Å². The Hall–Kier alpha value is -2.02. The van der Waals surface area contributed by atoms with E-state index in [4.69, 9.17) is 11.0 Å². The monoisotopic (exact) mass is 173 g/mol. The van der Waals surface area contributed by atoms with Gasteiger partial charge in [0.15, 0.2) is 5.76 Å². The highest BCUT2D eigenvalue weighted by Crippen LogP contribution is 2.23. The van der Waals surface area contributed by atoms with E-state index < -0.39 is 0 Å². The van der Waals surface area contributed by atoms with Crippen LogP contribution in [0.2, 0.25) is 0 Å². The topological polar surface area (TPSA) is 35.3 Å². The van der Waals surface area contributed by atoms with Crippen molar-refractivity contribution in [2.75, 3.05) is 0 Å². The van der Waals surface area contributed by atoms with Crippen molar-refractivity contribution in [3.8, 4) is 11.5 Å². The molecule has 0 unspecified atom stereocenters. The molecule has 0 N–H and O–H groups in total. The molecule has 2 aromatic heterocycles. The molecule has 0 aliphatic heterocycles. The molecule has 0 aliphatic carbocycles. The molecule has 64 valence electrons. The van der Waals surface area contributed by atoms with Gasteiger partial charge in [-0.05, 0) is 23.3 Å². The Labute approximate surface area is 75.2 Å². The van der Waals surface area contributed by atoms with Crippen molar-refractivity contribution in [2.45, 2.75) is 0 Å². The molecule has 0 radical (unpaired) electrons. The quantitative estimate of drug-likeness (QED) is 0.620. The van der Waals surface area contributed by atoms with Crippen LogP contribution in [0.1, 0.15) is 0 Å². The SMILES string of the molecule is [C-]#[N+]c1cc(-c2ccco2)n(C)n1. The molecule has 4 heteroatoms. The summed E-state index contributed by atoms with van der Waals surface area (Å²) in [6.07, 6.45) is 1.60. The largest absolute Gasteiger partial charge is 0.463 e. The molecule has 2 heterocycles. The maximum atomic E-state index is 6.80. The summed E-state index contributed by atoms with van der Waals surface area (Å²) in [5.74, 6) is 1.11. The van der Waals surface area contributed by atoms with Crippen LogP contribution in [0.4, 0.5) is 5.82 Å². The van der Waals surface area contributed by atoms with Gasteiger partial charge >= 0.3 is 0 Å². The number of hydrogen-bond donors (Lipinski definition) is 0. The number of aryl methyl sites for hydroxylation is 1. The summed E-state index contributed by atoms with van der Waals surface area (Å²) >= 11 is 0. The lowest BCUT2D eigenvalue weighted by atomic mass is 10.3. The van der Waals surface area contributed by atoms with Crippen LogP contribution in [0, 0.1) is 6.57 Å². The number of nitrogens with zero attached hydrogens (tertiary/aromatic N) is 3. The van der Waals surface area contributed by atoms with Crippen LogP contribution in [0.3, 0.4) is 0 Å². The summed E-state index contributed by atoms with van der Waals surface area (Å²) in [4.78, 5) is 3.24. The molecular formula is C9H7N3O. The number of rotatable bonds is 1. The van der Waals surface area contributed by atoms with Crippen LogP contribution in [-0.4, -0.2) is 9.78 Å². The number of furan rings is 1. The third-order valence-electron chi connectivity index (χ3n) is 1.76. The molecule has 4 nitrogen and oxygen atoms in total. The first-order valence-corrected chi connectivity index (χ1v) is 3.76. The van der Waals surface area contributed by atoms with Gasteiger partial charge in [-0.2, -0.15) is 4.68 Å². The van der Waals surface area contributed by atoms with Crippen molar-refractivity contribution in [1.82, 2.24) is 9.78 Å². The van der Waals surface area contributed by atoms with Crippen molar-refractivity contribution in [2.24, 2.45) is 7.05 Å². The van der Waals surface area contributed by atoms with Crippen LogP contribution in [-0.2, 0) is 7.05 Å². The maximum absolute atomic E-state index is 6.80. The van der Waals surface area contributed by atoms with Gasteiger partial charge in [0.25, 0.3) is 5.82 Å². The Kier molecular flexibility index (Phi) is 1.64. The van der Waals surface area contributed by atoms with E-state index in [2.05, 4.69) is 9.94 Å². The van der Waals surface area contributed by atoms with Crippen molar-refractivity contribution in [3.63, 3.8) is 0 Å². The van der Waals surface area contributed by atoms with E-state index >= 15 is 0 Å². The fourth-order valence-electron chi connectivity index (χ4n) is 1.16. The van der Waals surface area contributed by atoms with Gasteiger partial charge in [-0.1, -0.05) is 6.57 Å². The van der Waals surface area contributed by atoms with Gasteiger partial charge in [0.2, 0.25) is 0 Å². The normalized spacial score (nSPS) is 9.85. The summed E-state index contributed by atoms with van der Waals surface area (Å²) in [7, 11) is 1.78. The van der Waals surface area contributed by atoms with E-state index in [1.165, 1.54) is 0 Å². The lowest BCUT2D eigenvalue weighted by molar-refractivity contribution is 0.573. The van der Waals surface area contributed by atoms with E-state index in [0.717, 1.165) is 11.5 Å². The Balaban J connectivity index is 2.54. The van der Waals surface area contributed by atoms with E-state index in [-0.39, 0.29) is 0 Å². The molecule has 13 heavy (non-hydrogen) atoms. The fraction of sp³-hybridized carbons (Fsp3) is 0.111. The highest BCUT2D eigenvalue weighted by Gasteiger charge is 2.10. The van der Waals surface area contributed by atoms with Crippen molar-refractivity contribution < 1.29 is 4.42 Å². The molecule has 0 spiro atoms. The van der Waals surface area contributed by atoms with Crippen molar-refractivity contribution in [3.05, 3.63) is 35.9 Å². The lowest BCUT2D eigenvalue weighted by Gasteiger charge is -1.91. The Bertz CT molecular complexity index is 448. The molecule has 2 rings (SSSR count). The zero-order chi connectivity index (χ0) is 9.26. The molecular weight excluding hydrogens is 166 g/mol. The van der Waals surface area contributed by atoms with Crippen LogP contribution in [0.5, 0.6) is 0 Å². The molecule has 0 fully saturated rings. The molecule has 0 aliphatic rings. The zero-order valence-corrected chi connectivity index (χ0v) is 7.06. The fourth-order valence-corrected chi connectivity index (χ4v) is 1.16. The minimum absolute atomic E-state index is 0.383. The second-order valence-electron chi connectivity index (χ2n) is 2.60. The Morgan fingerprint density at radius 2 is 2.46 bits per heavy atom. The average molecular weight is 173 g/mol. The molecule has 0 atom stereocenters. The molecule has 0 aromatic carbocycles. The Morgan fingerprint density at radius 1 is 1.62 bits per heavy atom. The summed E-state index contributed by atoms with van der Waals surface area (Å²) in [5.41, 5.74) is 0.816. The summed E-state index contributed by atoms with van der Waals surface area (Å²) < 4.78 is 6.83. The van der Waals surface area contributed by atoms with Gasteiger partial charge in [-0.15, -0.1) is 0 Å². The van der Waals surface area contributed by atoms with Crippen LogP contribution in [0.15, 0.2) is 28.9 Å². The van der Waals surface area contributed by atoms with E-state index in [1.807, 2.05) is 6.07 Å². The second-order valence-corrected chi connectivity index (χ2v) is 2.60. The first kappa shape index (κ1) is 7.62. The minimum Gasteiger partial charge on any atom is -0.463 e. The summed E-state index contributed by atoms with van der Waals surface area (Å²) in [5, 5.41) is 3.99. The summed E-state index contributed by atoms with van der Waals surface area (Å²) in [6, 6.07) is 5.34. The number of hydrogen-bond acceptors (Lipinski definition) is 2. The third-order valence-corrected chi connectivity index (χ3v) is 1.76. The first-order chi connectivity index (χ1) is 6.31. The number of aromatic nitrogens is 2. The Morgan fingerprint density at radius 3 is 3.00 bits per heavy atom. The summed E-state index contributed by atoms with van der Waals surface area (Å²) in [6.45, 7) is 6.80. The predicted octanol–water partition coefficient (Wildman–Crippen LogP) is 2.23. The van der Waals surface area contributed by atoms with Crippen molar-refractivity contribution in [1.29, 1.82) is 0 Å². The second kappa shape index (κ2) is 2.79. The highest BCUT2D eigenvalue weighted by molar-refractivity contribution is 5.58. The lowest BCUT2D eigenvalue weighted by Crippen LogP contribution is -1.91. The smallest absolute Gasteiger partial charge is 0.296 e. The van der Waals surface area contributed by atoms with Gasteiger partial charge in [0, 0.05) is 0 Å². The zero-order valence-electron chi connectivity index (χ0n) is 7.06. The van der Waals surface area contributed by atoms with E-state index in [0.29, 0.717) is 5.82 Å².